The van der Waals surface area contributed by atoms with E-state index in [1.165, 1.54) is 12.3 Å². The van der Waals surface area contributed by atoms with Crippen molar-refractivity contribution in [3.8, 4) is 22.8 Å². The van der Waals surface area contributed by atoms with E-state index in [1.807, 2.05) is 30.3 Å². The molecule has 1 aliphatic rings. The summed E-state index contributed by atoms with van der Waals surface area (Å²) in [6.07, 6.45) is 2.64. The molecule has 1 aromatic heterocycles. The van der Waals surface area contributed by atoms with Gasteiger partial charge in [0, 0.05) is 30.3 Å². The molecule has 0 atom stereocenters. The van der Waals surface area contributed by atoms with Crippen molar-refractivity contribution in [2.24, 2.45) is 5.92 Å². The molecule has 0 aliphatic carbocycles. The van der Waals surface area contributed by atoms with Gasteiger partial charge in [0.2, 0.25) is 11.8 Å². The van der Waals surface area contributed by atoms with Gasteiger partial charge < -0.3 is 14.6 Å². The number of para-hydroxylation sites is 1. The summed E-state index contributed by atoms with van der Waals surface area (Å²) in [6, 6.07) is 22.8. The normalized spacial score (nSPS) is 14.0. The van der Waals surface area contributed by atoms with Gasteiger partial charge in [0.1, 0.15) is 5.82 Å². The predicted molar refractivity (Wildman–Crippen MR) is 131 cm³/mol. The molecular formula is C28H24FN3O3. The Labute approximate surface area is 202 Å². The van der Waals surface area contributed by atoms with Gasteiger partial charge in [-0.3, -0.25) is 9.59 Å². The average molecular weight is 470 g/mol. The molecule has 176 valence electrons. The third-order valence-corrected chi connectivity index (χ3v) is 6.23. The number of nitrogens with one attached hydrogen (secondary N) is 1. The van der Waals surface area contributed by atoms with Crippen molar-refractivity contribution in [1.29, 1.82) is 0 Å². The smallest absolute Gasteiger partial charge is 0.254 e. The lowest BCUT2D eigenvalue weighted by molar-refractivity contribution is -0.121. The summed E-state index contributed by atoms with van der Waals surface area (Å²) < 4.78 is 20.0. The number of amides is 2. The zero-order valence-corrected chi connectivity index (χ0v) is 19.0. The highest BCUT2D eigenvalue weighted by atomic mass is 19.1. The SMILES string of the molecule is O=C(Nc1ccccc1)C1CCN(C(=O)c2ccccc2-c2ncc(-c3ccccc3F)o2)CC1. The third kappa shape index (κ3) is 4.84. The fourth-order valence-corrected chi connectivity index (χ4v) is 4.32. The van der Waals surface area contributed by atoms with Crippen molar-refractivity contribution in [2.45, 2.75) is 12.8 Å². The number of carbonyl (C=O) groups excluding carboxylic acids is 2. The lowest BCUT2D eigenvalue weighted by Crippen LogP contribution is -2.41. The molecule has 6 nitrogen and oxygen atoms in total. The van der Waals surface area contributed by atoms with Crippen LogP contribution in [0.3, 0.4) is 0 Å². The Bertz CT molecular complexity index is 1340. The first kappa shape index (κ1) is 22.5. The first-order valence-corrected chi connectivity index (χ1v) is 11.6. The molecule has 35 heavy (non-hydrogen) atoms. The van der Waals surface area contributed by atoms with Gasteiger partial charge in [-0.05, 0) is 49.2 Å². The number of aromatic nitrogens is 1. The van der Waals surface area contributed by atoms with Crippen LogP contribution in [0.1, 0.15) is 23.2 Å². The van der Waals surface area contributed by atoms with Crippen molar-refractivity contribution >= 4 is 17.5 Å². The third-order valence-electron chi connectivity index (χ3n) is 6.23. The van der Waals surface area contributed by atoms with Crippen molar-refractivity contribution in [3.05, 3.63) is 96.4 Å². The molecule has 0 unspecified atom stereocenters. The minimum Gasteiger partial charge on any atom is -0.436 e. The molecule has 7 heteroatoms. The second-order valence-electron chi connectivity index (χ2n) is 8.48. The maximum atomic E-state index is 14.2. The number of halogens is 1. The van der Waals surface area contributed by atoms with Crippen molar-refractivity contribution < 1.29 is 18.4 Å². The molecule has 1 N–H and O–H groups in total. The van der Waals surface area contributed by atoms with Crippen LogP contribution in [-0.2, 0) is 4.79 Å². The van der Waals surface area contributed by atoms with E-state index in [1.54, 1.807) is 47.4 Å². The summed E-state index contributed by atoms with van der Waals surface area (Å²) in [6.45, 7) is 0.957. The number of likely N-dealkylation sites (tertiary alicyclic amines) is 1. The molecule has 0 bridgehead atoms. The second-order valence-corrected chi connectivity index (χ2v) is 8.48. The fraction of sp³-hybridized carbons (Fsp3) is 0.179. The summed E-state index contributed by atoms with van der Waals surface area (Å²) in [4.78, 5) is 32.1. The number of hydrogen-bond donors (Lipinski definition) is 1. The van der Waals surface area contributed by atoms with Crippen LogP contribution in [0.25, 0.3) is 22.8 Å². The van der Waals surface area contributed by atoms with Crippen molar-refractivity contribution in [3.63, 3.8) is 0 Å². The molecule has 3 aromatic carbocycles. The Hall–Kier alpha value is -4.26. The quantitative estimate of drug-likeness (QED) is 0.411. The van der Waals surface area contributed by atoms with Gasteiger partial charge in [0.05, 0.1) is 17.3 Å². The minimum atomic E-state index is -0.404. The number of piperidine rings is 1. The van der Waals surface area contributed by atoms with Crippen LogP contribution in [-0.4, -0.2) is 34.8 Å². The molecule has 1 saturated heterocycles. The number of carbonyl (C=O) groups is 2. The maximum Gasteiger partial charge on any atom is 0.254 e. The topological polar surface area (TPSA) is 75.4 Å². The number of benzene rings is 3. The van der Waals surface area contributed by atoms with E-state index in [-0.39, 0.29) is 23.6 Å². The van der Waals surface area contributed by atoms with E-state index < -0.39 is 5.82 Å². The fourth-order valence-electron chi connectivity index (χ4n) is 4.32. The molecule has 1 fully saturated rings. The Morgan fingerprint density at radius 1 is 0.886 bits per heavy atom. The van der Waals surface area contributed by atoms with Crippen LogP contribution >= 0.6 is 0 Å². The Morgan fingerprint density at radius 3 is 2.29 bits per heavy atom. The molecule has 0 saturated carbocycles. The zero-order chi connectivity index (χ0) is 24.2. The highest BCUT2D eigenvalue weighted by Crippen LogP contribution is 2.31. The monoisotopic (exact) mass is 469 g/mol. The van der Waals surface area contributed by atoms with Crippen LogP contribution < -0.4 is 5.32 Å². The van der Waals surface area contributed by atoms with Gasteiger partial charge in [-0.15, -0.1) is 0 Å². The van der Waals surface area contributed by atoms with Gasteiger partial charge in [0.15, 0.2) is 5.76 Å². The summed E-state index contributed by atoms with van der Waals surface area (Å²) in [7, 11) is 0. The molecule has 0 spiro atoms. The molecular weight excluding hydrogens is 445 g/mol. The van der Waals surface area contributed by atoms with E-state index in [4.69, 9.17) is 4.42 Å². The predicted octanol–water partition coefficient (Wildman–Crippen LogP) is 5.64. The number of hydrogen-bond acceptors (Lipinski definition) is 4. The molecule has 5 rings (SSSR count). The van der Waals surface area contributed by atoms with Gasteiger partial charge in [-0.2, -0.15) is 0 Å². The van der Waals surface area contributed by atoms with E-state index in [9.17, 15) is 14.0 Å². The van der Waals surface area contributed by atoms with Gasteiger partial charge in [0.25, 0.3) is 5.91 Å². The Morgan fingerprint density at radius 2 is 1.54 bits per heavy atom. The first-order chi connectivity index (χ1) is 17.1. The number of nitrogens with zero attached hydrogens (tertiary/aromatic N) is 2. The molecule has 1 aliphatic heterocycles. The highest BCUT2D eigenvalue weighted by molar-refractivity contribution is 6.00. The Balaban J connectivity index is 1.29. The molecule has 2 heterocycles. The summed E-state index contributed by atoms with van der Waals surface area (Å²) >= 11 is 0. The van der Waals surface area contributed by atoms with Crippen molar-refractivity contribution in [2.75, 3.05) is 18.4 Å². The van der Waals surface area contributed by atoms with Crippen LogP contribution in [0.15, 0.2) is 89.5 Å². The zero-order valence-electron chi connectivity index (χ0n) is 19.0. The highest BCUT2D eigenvalue weighted by Gasteiger charge is 2.29. The summed E-state index contributed by atoms with van der Waals surface area (Å²) in [5.74, 6) is -0.171. The van der Waals surface area contributed by atoms with Gasteiger partial charge in [-0.1, -0.05) is 42.5 Å². The summed E-state index contributed by atoms with van der Waals surface area (Å²) in [5.41, 5.74) is 2.09. The minimum absolute atomic E-state index is 0.0239. The number of rotatable bonds is 5. The van der Waals surface area contributed by atoms with E-state index >= 15 is 0 Å². The number of oxazole rings is 1. The lowest BCUT2D eigenvalue weighted by Gasteiger charge is -2.31. The standard InChI is InChI=1S/C28H24FN3O3/c29-24-13-7-6-12-23(24)25-18-30-27(35-25)21-10-4-5-11-22(21)28(34)32-16-14-19(15-17-32)26(33)31-20-8-2-1-3-9-20/h1-13,18-19H,14-17H2,(H,31,33). The first-order valence-electron chi connectivity index (χ1n) is 11.6. The second kappa shape index (κ2) is 9.93. The van der Waals surface area contributed by atoms with Crippen LogP contribution in [0.4, 0.5) is 10.1 Å². The maximum absolute atomic E-state index is 14.2. The van der Waals surface area contributed by atoms with E-state index in [2.05, 4.69) is 10.3 Å². The van der Waals surface area contributed by atoms with Crippen LogP contribution in [0, 0.1) is 11.7 Å². The number of anilines is 1. The lowest BCUT2D eigenvalue weighted by atomic mass is 9.95. The van der Waals surface area contributed by atoms with Crippen LogP contribution in [0.2, 0.25) is 0 Å². The summed E-state index contributed by atoms with van der Waals surface area (Å²) in [5, 5.41) is 2.95. The molecule has 0 radical (unpaired) electrons. The average Bonchev–Trinajstić information content (AvgIpc) is 3.39. The molecule has 2 amide bonds. The molecule has 4 aromatic rings. The van der Waals surface area contributed by atoms with E-state index in [0.717, 1.165) is 5.69 Å². The van der Waals surface area contributed by atoms with E-state index in [0.29, 0.717) is 48.4 Å². The largest absolute Gasteiger partial charge is 0.436 e. The van der Waals surface area contributed by atoms with Crippen molar-refractivity contribution in [1.82, 2.24) is 9.88 Å². The Kier molecular flexibility index (Phi) is 6.39. The van der Waals surface area contributed by atoms with Crippen LogP contribution in [0.5, 0.6) is 0 Å². The van der Waals surface area contributed by atoms with Gasteiger partial charge >= 0.3 is 0 Å². The van der Waals surface area contributed by atoms with Gasteiger partial charge in [-0.25, -0.2) is 9.37 Å².